The van der Waals surface area contributed by atoms with Gasteiger partial charge in [-0.15, -0.1) is 0 Å². The molecule has 20 heavy (non-hydrogen) atoms. The molecule has 0 amide bonds. The minimum atomic E-state index is -0.310. The van der Waals surface area contributed by atoms with Crippen LogP contribution in [0.5, 0.6) is 0 Å². The van der Waals surface area contributed by atoms with Crippen molar-refractivity contribution >= 4 is 0 Å². The van der Waals surface area contributed by atoms with Gasteiger partial charge in [0, 0.05) is 19.3 Å². The molecule has 2 fully saturated rings. The predicted molar refractivity (Wildman–Crippen MR) is 76.4 cm³/mol. The first-order valence-electron chi connectivity index (χ1n) is 7.77. The average Bonchev–Trinajstić information content (AvgIpc) is 3.17. The molecule has 2 aliphatic rings. The number of rotatable bonds is 5. The van der Waals surface area contributed by atoms with Crippen molar-refractivity contribution in [3.05, 3.63) is 18.0 Å². The van der Waals surface area contributed by atoms with Gasteiger partial charge < -0.3 is 15.2 Å². The van der Waals surface area contributed by atoms with Crippen LogP contribution in [0.25, 0.3) is 0 Å². The minimum Gasteiger partial charge on any atom is -0.378 e. The van der Waals surface area contributed by atoms with Gasteiger partial charge in [0.25, 0.3) is 0 Å². The Morgan fingerprint density at radius 1 is 1.40 bits per heavy atom. The van der Waals surface area contributed by atoms with Gasteiger partial charge >= 0.3 is 0 Å². The van der Waals surface area contributed by atoms with Crippen molar-refractivity contribution < 1.29 is 9.47 Å². The molecule has 0 radical (unpaired) electrons. The molecule has 5 nitrogen and oxygen atoms in total. The molecule has 0 bridgehead atoms. The summed E-state index contributed by atoms with van der Waals surface area (Å²) in [6.45, 7) is 2.46. The molecule has 0 aromatic carbocycles. The van der Waals surface area contributed by atoms with E-state index in [9.17, 15) is 0 Å². The summed E-state index contributed by atoms with van der Waals surface area (Å²) in [7, 11) is 0. The molecule has 1 aromatic heterocycles. The molecule has 5 heteroatoms. The van der Waals surface area contributed by atoms with Crippen LogP contribution in [0.4, 0.5) is 0 Å². The van der Waals surface area contributed by atoms with Crippen LogP contribution in [-0.2, 0) is 16.1 Å². The molecule has 1 saturated carbocycles. The lowest BCUT2D eigenvalue weighted by Crippen LogP contribution is -2.47. The highest BCUT2D eigenvalue weighted by molar-refractivity contribution is 4.99. The van der Waals surface area contributed by atoms with E-state index in [1.165, 1.54) is 25.7 Å². The van der Waals surface area contributed by atoms with Crippen molar-refractivity contribution in [2.75, 3.05) is 19.8 Å². The molecule has 1 aromatic rings. The van der Waals surface area contributed by atoms with E-state index in [1.54, 1.807) is 0 Å². The number of hydrogen-bond donors (Lipinski definition) is 1. The number of ether oxygens (including phenoxy) is 2. The number of nitrogens with two attached hydrogens (primary N) is 1. The zero-order valence-electron chi connectivity index (χ0n) is 12.1. The Labute approximate surface area is 120 Å². The van der Waals surface area contributed by atoms with Crippen molar-refractivity contribution in [1.29, 1.82) is 0 Å². The SMILES string of the molecule is NCC1(OCc2ccn(C3CCCC3)n2)CCCOC1. The third-order valence-electron chi connectivity index (χ3n) is 4.55. The zero-order valence-corrected chi connectivity index (χ0v) is 12.1. The third-order valence-corrected chi connectivity index (χ3v) is 4.55. The molecule has 1 unspecified atom stereocenters. The lowest BCUT2D eigenvalue weighted by Gasteiger charge is -2.35. The number of nitrogens with zero attached hydrogens (tertiary/aromatic N) is 2. The normalized spacial score (nSPS) is 28.1. The van der Waals surface area contributed by atoms with E-state index < -0.39 is 0 Å². The van der Waals surface area contributed by atoms with E-state index in [0.717, 1.165) is 25.1 Å². The van der Waals surface area contributed by atoms with Crippen LogP contribution in [-0.4, -0.2) is 35.1 Å². The highest BCUT2D eigenvalue weighted by Crippen LogP contribution is 2.29. The Morgan fingerprint density at radius 2 is 2.25 bits per heavy atom. The quantitative estimate of drug-likeness (QED) is 0.895. The fourth-order valence-electron chi connectivity index (χ4n) is 3.21. The van der Waals surface area contributed by atoms with Crippen LogP contribution in [0.1, 0.15) is 50.3 Å². The summed E-state index contributed by atoms with van der Waals surface area (Å²) < 4.78 is 13.7. The first-order chi connectivity index (χ1) is 9.81. The highest BCUT2D eigenvalue weighted by atomic mass is 16.5. The van der Waals surface area contributed by atoms with Gasteiger partial charge in [-0.25, -0.2) is 0 Å². The second-order valence-corrected chi connectivity index (χ2v) is 6.06. The smallest absolute Gasteiger partial charge is 0.104 e. The van der Waals surface area contributed by atoms with E-state index >= 15 is 0 Å². The monoisotopic (exact) mass is 279 g/mol. The Kier molecular flexibility index (Phi) is 4.38. The Balaban J connectivity index is 1.57. The number of aromatic nitrogens is 2. The van der Waals surface area contributed by atoms with Gasteiger partial charge in [-0.05, 0) is 31.7 Å². The topological polar surface area (TPSA) is 62.3 Å². The Bertz CT molecular complexity index is 421. The van der Waals surface area contributed by atoms with Gasteiger partial charge in [-0.1, -0.05) is 12.8 Å². The van der Waals surface area contributed by atoms with Gasteiger partial charge in [-0.3, -0.25) is 4.68 Å². The van der Waals surface area contributed by atoms with Crippen LogP contribution in [0.2, 0.25) is 0 Å². The lowest BCUT2D eigenvalue weighted by atomic mass is 9.96. The molecular formula is C15H25N3O2. The van der Waals surface area contributed by atoms with Gasteiger partial charge in [0.05, 0.1) is 24.9 Å². The summed E-state index contributed by atoms with van der Waals surface area (Å²) in [5, 5.41) is 4.65. The summed E-state index contributed by atoms with van der Waals surface area (Å²) in [6, 6.07) is 2.65. The van der Waals surface area contributed by atoms with Gasteiger partial charge in [0.1, 0.15) is 5.60 Å². The maximum atomic E-state index is 6.06. The largest absolute Gasteiger partial charge is 0.378 e. The van der Waals surface area contributed by atoms with Crippen LogP contribution in [0, 0.1) is 0 Å². The van der Waals surface area contributed by atoms with Crippen molar-refractivity contribution in [3.63, 3.8) is 0 Å². The first kappa shape index (κ1) is 14.0. The zero-order chi connectivity index (χ0) is 13.8. The summed E-state index contributed by atoms with van der Waals surface area (Å²) in [4.78, 5) is 0. The second-order valence-electron chi connectivity index (χ2n) is 6.06. The molecular weight excluding hydrogens is 254 g/mol. The van der Waals surface area contributed by atoms with Crippen molar-refractivity contribution in [2.45, 2.75) is 56.8 Å². The Hall–Kier alpha value is -0.910. The summed E-state index contributed by atoms with van der Waals surface area (Å²) >= 11 is 0. The van der Waals surface area contributed by atoms with Crippen LogP contribution in [0.15, 0.2) is 12.3 Å². The summed E-state index contributed by atoms with van der Waals surface area (Å²) in [5.74, 6) is 0. The average molecular weight is 279 g/mol. The lowest BCUT2D eigenvalue weighted by molar-refractivity contribution is -0.130. The molecule has 3 rings (SSSR count). The van der Waals surface area contributed by atoms with Gasteiger partial charge in [0.2, 0.25) is 0 Å². The molecule has 0 spiro atoms. The van der Waals surface area contributed by atoms with Crippen molar-refractivity contribution in [1.82, 2.24) is 9.78 Å². The second kappa shape index (κ2) is 6.24. The first-order valence-corrected chi connectivity index (χ1v) is 7.77. The summed E-state index contributed by atoms with van der Waals surface area (Å²) in [5.41, 5.74) is 6.56. The molecule has 112 valence electrons. The van der Waals surface area contributed by atoms with E-state index in [1.807, 2.05) is 0 Å². The van der Waals surface area contributed by atoms with Crippen molar-refractivity contribution in [2.24, 2.45) is 5.73 Å². The number of hydrogen-bond acceptors (Lipinski definition) is 4. The third kappa shape index (κ3) is 3.05. The van der Waals surface area contributed by atoms with E-state index in [0.29, 0.717) is 25.8 Å². The maximum absolute atomic E-state index is 6.06. The minimum absolute atomic E-state index is 0.310. The fraction of sp³-hybridized carbons (Fsp3) is 0.800. The Morgan fingerprint density at radius 3 is 2.95 bits per heavy atom. The predicted octanol–water partition coefficient (Wildman–Crippen LogP) is 2.02. The van der Waals surface area contributed by atoms with Crippen molar-refractivity contribution in [3.8, 4) is 0 Å². The van der Waals surface area contributed by atoms with Crippen LogP contribution >= 0.6 is 0 Å². The van der Waals surface area contributed by atoms with Crippen LogP contribution in [0.3, 0.4) is 0 Å². The molecule has 1 aliphatic heterocycles. The van der Waals surface area contributed by atoms with Gasteiger partial charge in [0.15, 0.2) is 0 Å². The van der Waals surface area contributed by atoms with Crippen LogP contribution < -0.4 is 5.73 Å². The molecule has 1 aliphatic carbocycles. The van der Waals surface area contributed by atoms with E-state index in [-0.39, 0.29) is 5.60 Å². The molecule has 2 heterocycles. The standard InChI is InChI=1S/C15H25N3O2/c16-11-15(7-3-9-19-12-15)20-10-13-6-8-18(17-13)14-4-1-2-5-14/h6,8,14H,1-5,7,9-12,16H2. The molecule has 1 atom stereocenters. The molecule has 2 N–H and O–H groups in total. The molecule has 1 saturated heterocycles. The highest BCUT2D eigenvalue weighted by Gasteiger charge is 2.32. The van der Waals surface area contributed by atoms with E-state index in [4.69, 9.17) is 15.2 Å². The van der Waals surface area contributed by atoms with E-state index in [2.05, 4.69) is 22.0 Å². The fourth-order valence-corrected chi connectivity index (χ4v) is 3.21. The maximum Gasteiger partial charge on any atom is 0.104 e. The van der Waals surface area contributed by atoms with Gasteiger partial charge in [-0.2, -0.15) is 5.10 Å². The summed E-state index contributed by atoms with van der Waals surface area (Å²) in [6.07, 6.45) is 9.24.